The van der Waals surface area contributed by atoms with E-state index in [1.54, 1.807) is 36.5 Å². The first-order valence-corrected chi connectivity index (χ1v) is 6.80. The molecule has 2 aromatic rings. The molecule has 5 nitrogen and oxygen atoms in total. The van der Waals surface area contributed by atoms with Crippen molar-refractivity contribution in [2.75, 3.05) is 12.8 Å². The number of halogens is 1. The number of benzene rings is 1. The van der Waals surface area contributed by atoms with E-state index >= 15 is 0 Å². The second-order valence-corrected chi connectivity index (χ2v) is 3.56. The number of phenols is 1. The van der Waals surface area contributed by atoms with Gasteiger partial charge >= 0.3 is 24.8 Å². The van der Waals surface area contributed by atoms with Crippen molar-refractivity contribution in [1.29, 1.82) is 0 Å². The van der Waals surface area contributed by atoms with Gasteiger partial charge in [-0.15, -0.1) is 0 Å². The van der Waals surface area contributed by atoms with Crippen LogP contribution in [0.5, 0.6) is 11.5 Å². The average Bonchev–Trinajstić information content (AvgIpc) is 2.50. The minimum absolute atomic E-state index is 0.0474. The van der Waals surface area contributed by atoms with Gasteiger partial charge in [0.15, 0.2) is 11.5 Å². The van der Waals surface area contributed by atoms with Crippen LogP contribution in [0.2, 0.25) is 0 Å². The quantitative estimate of drug-likeness (QED) is 0.667. The van der Waals surface area contributed by atoms with E-state index in [9.17, 15) is 5.11 Å². The van der Waals surface area contributed by atoms with Gasteiger partial charge in [0.05, 0.1) is 7.11 Å². The van der Waals surface area contributed by atoms with Gasteiger partial charge in [-0.05, 0) is 24.3 Å². The van der Waals surface area contributed by atoms with Gasteiger partial charge in [0.25, 0.3) is 0 Å². The number of nitrogens with two attached hydrogens (primary N) is 1. The molecule has 7 heteroatoms. The van der Waals surface area contributed by atoms with Crippen LogP contribution in [0.25, 0.3) is 0 Å². The fraction of sp³-hybridized carbons (Fsp3) is 0.0769. The van der Waals surface area contributed by atoms with Crippen LogP contribution in [0.15, 0.2) is 41.5 Å². The molecule has 0 spiro atoms. The van der Waals surface area contributed by atoms with E-state index < -0.39 is 0 Å². The molecule has 2 rings (SSSR count). The number of ether oxygens (including phenoxy) is 1. The number of anilines is 1. The molecule has 0 aliphatic heterocycles. The zero-order chi connectivity index (χ0) is 15.0. The summed E-state index contributed by atoms with van der Waals surface area (Å²) in [7, 11) is 5.76. The van der Waals surface area contributed by atoms with E-state index in [0.29, 0.717) is 22.8 Å². The van der Waals surface area contributed by atoms with Gasteiger partial charge in [-0.1, -0.05) is 6.07 Å². The Morgan fingerprint density at radius 3 is 2.75 bits per heavy atom. The van der Waals surface area contributed by atoms with Crippen LogP contribution < -0.4 is 10.5 Å². The average molecular weight is 337 g/mol. The predicted molar refractivity (Wildman–Crippen MR) is 76.4 cm³/mol. The topological polar surface area (TPSA) is 80.7 Å². The summed E-state index contributed by atoms with van der Waals surface area (Å²) in [5.74, 6) is 0.792. The van der Waals surface area contributed by atoms with E-state index in [4.69, 9.17) is 10.5 Å². The third-order valence-corrected chi connectivity index (χ3v) is 2.41. The van der Waals surface area contributed by atoms with Gasteiger partial charge in [-0.3, -0.25) is 4.99 Å². The number of nitrogen functional groups attached to an aromatic ring is 1. The first kappa shape index (κ1) is 16.3. The molecular formula is C13H13ClN3NiO2. The molecule has 0 aliphatic carbocycles. The number of rotatable bonds is 3. The summed E-state index contributed by atoms with van der Waals surface area (Å²) in [5.41, 5.74) is 6.78. The Kier molecular flexibility index (Phi) is 6.84. The number of phenolic OH excluding ortho intramolecular Hbond substituents is 1. The number of hydrogen-bond donors (Lipinski definition) is 2. The molecular weight excluding hydrogens is 324 g/mol. The third-order valence-electron chi connectivity index (χ3n) is 2.41. The van der Waals surface area contributed by atoms with Crippen LogP contribution in [-0.2, 0) is 14.6 Å². The van der Waals surface area contributed by atoms with Crippen molar-refractivity contribution in [1.82, 2.24) is 4.98 Å². The second kappa shape index (κ2) is 8.41. The molecule has 0 saturated carbocycles. The van der Waals surface area contributed by atoms with Gasteiger partial charge in [-0.25, -0.2) is 4.98 Å². The summed E-state index contributed by atoms with van der Waals surface area (Å²) in [6.45, 7) is 0. The summed E-state index contributed by atoms with van der Waals surface area (Å²) in [5, 5.41) is 9.87. The second-order valence-electron chi connectivity index (χ2n) is 3.56. The molecule has 20 heavy (non-hydrogen) atoms. The molecule has 0 amide bonds. The van der Waals surface area contributed by atoms with Crippen LogP contribution in [0, 0.1) is 0 Å². The van der Waals surface area contributed by atoms with E-state index in [1.165, 1.54) is 13.3 Å². The molecule has 0 bridgehead atoms. The van der Waals surface area contributed by atoms with Crippen LogP contribution in [0.3, 0.4) is 0 Å². The number of aromatic nitrogens is 1. The molecule has 0 saturated heterocycles. The van der Waals surface area contributed by atoms with Gasteiger partial charge in [0.1, 0.15) is 11.5 Å². The Hall–Kier alpha value is -1.78. The van der Waals surface area contributed by atoms with Gasteiger partial charge in [0.2, 0.25) is 0 Å². The number of para-hydroxylation sites is 1. The first-order valence-electron chi connectivity index (χ1n) is 5.45. The summed E-state index contributed by atoms with van der Waals surface area (Å²) in [6, 6.07) is 8.66. The number of nitrogens with zero attached hydrogens (tertiary/aromatic N) is 2. The van der Waals surface area contributed by atoms with E-state index in [1.807, 2.05) is 0 Å². The SMILES string of the molecule is COc1cccc(C=Nc2cccnc2N)c1O.[Cl][Ni]. The molecule has 1 aromatic heterocycles. The first-order chi connectivity index (χ1) is 9.72. The fourth-order valence-electron chi connectivity index (χ4n) is 1.47. The molecule has 0 atom stereocenters. The number of methoxy groups -OCH3 is 1. The van der Waals surface area contributed by atoms with Crippen molar-refractivity contribution in [3.8, 4) is 11.5 Å². The van der Waals surface area contributed by atoms with Crippen LogP contribution in [0.4, 0.5) is 11.5 Å². The Bertz CT molecular complexity index is 594. The van der Waals surface area contributed by atoms with Crippen molar-refractivity contribution in [3.05, 3.63) is 42.1 Å². The molecule has 0 fully saturated rings. The van der Waals surface area contributed by atoms with Crippen molar-refractivity contribution in [2.24, 2.45) is 4.99 Å². The zero-order valence-corrected chi connectivity index (χ0v) is 12.3. The summed E-state index contributed by atoms with van der Waals surface area (Å²) >= 11 is 3.35. The van der Waals surface area contributed by atoms with Gasteiger partial charge in [-0.2, -0.15) is 0 Å². The molecule has 1 heterocycles. The van der Waals surface area contributed by atoms with Crippen molar-refractivity contribution in [2.45, 2.75) is 0 Å². The number of aliphatic imine (C=N–C) groups is 1. The Morgan fingerprint density at radius 2 is 2.10 bits per heavy atom. The Balaban J connectivity index is 0.000000956. The van der Waals surface area contributed by atoms with Crippen LogP contribution in [0.1, 0.15) is 5.56 Å². The molecule has 0 radical (unpaired) electrons. The van der Waals surface area contributed by atoms with Crippen molar-refractivity contribution < 1.29 is 24.4 Å². The number of hydrogen-bond acceptors (Lipinski definition) is 5. The maximum atomic E-state index is 9.87. The van der Waals surface area contributed by atoms with E-state index in [2.05, 4.69) is 34.7 Å². The molecule has 109 valence electrons. The Labute approximate surface area is 129 Å². The number of pyridine rings is 1. The zero-order valence-electron chi connectivity index (χ0n) is 10.6. The van der Waals surface area contributed by atoms with E-state index in [0.717, 1.165) is 0 Å². The number of aromatic hydroxyl groups is 1. The van der Waals surface area contributed by atoms with Gasteiger partial charge < -0.3 is 15.6 Å². The Morgan fingerprint density at radius 1 is 1.35 bits per heavy atom. The maximum absolute atomic E-state index is 9.87. The summed E-state index contributed by atoms with van der Waals surface area (Å²) in [6.07, 6.45) is 3.11. The third kappa shape index (κ3) is 4.12. The van der Waals surface area contributed by atoms with Crippen molar-refractivity contribution in [3.63, 3.8) is 0 Å². The minimum atomic E-state index is 0.0474. The molecule has 3 N–H and O–H groups in total. The summed E-state index contributed by atoms with van der Waals surface area (Å²) < 4.78 is 5.01. The summed E-state index contributed by atoms with van der Waals surface area (Å²) in [4.78, 5) is 8.11. The molecule has 0 unspecified atom stereocenters. The standard InChI is InChI=1S/C13H13N3O2.ClH.Ni/c1-18-11-6-2-4-9(12(11)17)8-16-10-5-3-7-15-13(10)14;;/h2-8,17H,1H3,(H2,14,15);1H;/q;;+1/p-1. The van der Waals surface area contributed by atoms with E-state index in [-0.39, 0.29) is 5.75 Å². The van der Waals surface area contributed by atoms with Crippen LogP contribution in [-0.4, -0.2) is 23.4 Å². The fourth-order valence-corrected chi connectivity index (χ4v) is 1.47. The molecule has 1 aromatic carbocycles. The molecule has 0 aliphatic rings. The normalized spacial score (nSPS) is 10.0. The van der Waals surface area contributed by atoms with Crippen LogP contribution >= 0.6 is 10.2 Å². The van der Waals surface area contributed by atoms with Crippen molar-refractivity contribution >= 4 is 27.9 Å². The monoisotopic (exact) mass is 336 g/mol. The van der Waals surface area contributed by atoms with Gasteiger partial charge in [0, 0.05) is 18.0 Å². The predicted octanol–water partition coefficient (Wildman–Crippen LogP) is 2.82.